The number of nitrogens with zero attached hydrogens (tertiary/aromatic N) is 1. The van der Waals surface area contributed by atoms with Crippen LogP contribution >= 0.6 is 33.9 Å². The van der Waals surface area contributed by atoms with E-state index in [4.69, 9.17) is 9.57 Å². The number of rotatable bonds is 8. The SMILES string of the molecule is COc1ccc(S(=O)(=O)N2Cc3cc(I)sc3CC2C(=O)NOC(c2ccccc2)c2ccccc2)cc1. The number of thiophene rings is 1. The van der Waals surface area contributed by atoms with Crippen LogP contribution in [0.4, 0.5) is 0 Å². The second-order valence-corrected chi connectivity index (χ2v) is 13.7. The molecule has 0 saturated heterocycles. The fourth-order valence-electron chi connectivity index (χ4n) is 4.42. The minimum absolute atomic E-state index is 0.0943. The van der Waals surface area contributed by atoms with Crippen LogP contribution in [0.15, 0.2) is 95.9 Å². The third-order valence-electron chi connectivity index (χ3n) is 6.37. The lowest BCUT2D eigenvalue weighted by molar-refractivity contribution is -0.141. The first-order valence-electron chi connectivity index (χ1n) is 11.8. The molecule has 4 aromatic rings. The van der Waals surface area contributed by atoms with Gasteiger partial charge in [0, 0.05) is 17.8 Å². The number of fused-ring (bicyclic) bond motifs is 1. The van der Waals surface area contributed by atoms with Gasteiger partial charge in [0.1, 0.15) is 17.9 Å². The molecule has 1 aliphatic rings. The van der Waals surface area contributed by atoms with Crippen LogP contribution in [0, 0.1) is 2.88 Å². The van der Waals surface area contributed by atoms with Gasteiger partial charge in [-0.25, -0.2) is 13.9 Å². The molecule has 1 atom stereocenters. The Bertz CT molecular complexity index is 1470. The van der Waals surface area contributed by atoms with Crippen LogP contribution in [0.1, 0.15) is 27.7 Å². The van der Waals surface area contributed by atoms with Crippen molar-refractivity contribution in [3.63, 3.8) is 0 Å². The Balaban J connectivity index is 1.44. The minimum Gasteiger partial charge on any atom is -0.497 e. The van der Waals surface area contributed by atoms with Gasteiger partial charge in [-0.15, -0.1) is 11.3 Å². The summed E-state index contributed by atoms with van der Waals surface area (Å²) in [6.07, 6.45) is -0.301. The molecule has 10 heteroatoms. The summed E-state index contributed by atoms with van der Waals surface area (Å²) in [6, 6.07) is 26.3. The average molecular weight is 661 g/mol. The third kappa shape index (κ3) is 5.64. The van der Waals surface area contributed by atoms with Crippen LogP contribution in [-0.4, -0.2) is 31.8 Å². The fraction of sp³-hybridized carbons (Fsp3) is 0.179. The van der Waals surface area contributed by atoms with E-state index in [1.165, 1.54) is 23.5 Å². The molecule has 1 N–H and O–H groups in total. The Labute approximate surface area is 239 Å². The fourth-order valence-corrected chi connectivity index (χ4v) is 8.09. The number of amides is 1. The lowest BCUT2D eigenvalue weighted by Gasteiger charge is -2.33. The van der Waals surface area contributed by atoms with Crippen molar-refractivity contribution >= 4 is 49.9 Å². The van der Waals surface area contributed by atoms with E-state index >= 15 is 0 Å². The number of benzene rings is 3. The van der Waals surface area contributed by atoms with Crippen LogP contribution in [0.3, 0.4) is 0 Å². The molecule has 196 valence electrons. The molecule has 0 aliphatic carbocycles. The molecule has 2 heterocycles. The Morgan fingerprint density at radius 2 is 1.61 bits per heavy atom. The number of hydrogen-bond acceptors (Lipinski definition) is 6. The highest BCUT2D eigenvalue weighted by Crippen LogP contribution is 2.35. The van der Waals surface area contributed by atoms with Gasteiger partial charge in [0.05, 0.1) is 14.9 Å². The largest absolute Gasteiger partial charge is 0.497 e. The number of methoxy groups -OCH3 is 1. The minimum atomic E-state index is -3.99. The number of carbonyl (C=O) groups is 1. The summed E-state index contributed by atoms with van der Waals surface area (Å²) in [5, 5.41) is 0. The van der Waals surface area contributed by atoms with Gasteiger partial charge in [-0.2, -0.15) is 4.31 Å². The Morgan fingerprint density at radius 1 is 1.00 bits per heavy atom. The number of carbonyl (C=O) groups excluding carboxylic acids is 1. The highest BCUT2D eigenvalue weighted by Gasteiger charge is 2.41. The van der Waals surface area contributed by atoms with Crippen LogP contribution in [0.25, 0.3) is 0 Å². The molecule has 38 heavy (non-hydrogen) atoms. The Morgan fingerprint density at radius 3 is 2.18 bits per heavy atom. The zero-order valence-corrected chi connectivity index (χ0v) is 24.2. The first kappa shape index (κ1) is 26.8. The molecule has 3 aromatic carbocycles. The standard InChI is InChI=1S/C28H25IN2O5S2/c1-35-22-12-14-23(15-13-22)38(33,34)31-18-21-16-26(29)37-25(21)17-24(31)28(32)30-36-27(19-8-4-2-5-9-19)20-10-6-3-7-11-20/h2-16,24,27H,17-18H2,1H3,(H,30,32). The summed E-state index contributed by atoms with van der Waals surface area (Å²) in [5.74, 6) is 0.0286. The van der Waals surface area contributed by atoms with Gasteiger partial charge in [0.15, 0.2) is 0 Å². The normalized spacial score (nSPS) is 15.7. The van der Waals surface area contributed by atoms with Gasteiger partial charge in [0.2, 0.25) is 10.0 Å². The summed E-state index contributed by atoms with van der Waals surface area (Å²) in [6.45, 7) is 0.0993. The van der Waals surface area contributed by atoms with Crippen molar-refractivity contribution < 1.29 is 22.8 Å². The first-order valence-corrected chi connectivity index (χ1v) is 15.2. The van der Waals surface area contributed by atoms with Crippen molar-refractivity contribution in [3.05, 3.63) is 115 Å². The molecule has 5 rings (SSSR count). The lowest BCUT2D eigenvalue weighted by Crippen LogP contribution is -2.52. The molecule has 0 fully saturated rings. The molecular formula is C28H25IN2O5S2. The number of ether oxygens (including phenoxy) is 1. The Hall–Kier alpha value is -2.77. The van der Waals surface area contributed by atoms with E-state index in [1.807, 2.05) is 66.7 Å². The van der Waals surface area contributed by atoms with E-state index in [2.05, 4.69) is 28.1 Å². The van der Waals surface area contributed by atoms with Crippen LogP contribution in [-0.2, 0) is 32.6 Å². The molecule has 7 nitrogen and oxygen atoms in total. The molecule has 1 amide bonds. The summed E-state index contributed by atoms with van der Waals surface area (Å²) >= 11 is 3.79. The highest BCUT2D eigenvalue weighted by molar-refractivity contribution is 14.1. The summed E-state index contributed by atoms with van der Waals surface area (Å²) < 4.78 is 35.0. The summed E-state index contributed by atoms with van der Waals surface area (Å²) in [4.78, 5) is 20.7. The van der Waals surface area contributed by atoms with Crippen molar-refractivity contribution in [2.45, 2.75) is 30.0 Å². The molecule has 1 aliphatic heterocycles. The van der Waals surface area contributed by atoms with Gasteiger partial charge in [0.25, 0.3) is 5.91 Å². The predicted molar refractivity (Wildman–Crippen MR) is 154 cm³/mol. The number of sulfonamides is 1. The lowest BCUT2D eigenvalue weighted by atomic mass is 10.0. The van der Waals surface area contributed by atoms with Gasteiger partial charge in [-0.3, -0.25) is 9.63 Å². The maximum Gasteiger partial charge on any atom is 0.262 e. The molecular weight excluding hydrogens is 635 g/mol. The van der Waals surface area contributed by atoms with Gasteiger partial charge in [-0.1, -0.05) is 60.7 Å². The predicted octanol–water partition coefficient (Wildman–Crippen LogP) is 5.31. The van der Waals surface area contributed by atoms with Crippen molar-refractivity contribution in [1.82, 2.24) is 9.79 Å². The van der Waals surface area contributed by atoms with Gasteiger partial charge >= 0.3 is 0 Å². The van der Waals surface area contributed by atoms with Crippen LogP contribution in [0.2, 0.25) is 0 Å². The third-order valence-corrected chi connectivity index (χ3v) is 10.2. The zero-order chi connectivity index (χ0) is 26.7. The maximum absolute atomic E-state index is 13.8. The second-order valence-electron chi connectivity index (χ2n) is 8.73. The Kier molecular flexibility index (Phi) is 8.15. The molecule has 0 spiro atoms. The highest BCUT2D eigenvalue weighted by atomic mass is 127. The van der Waals surface area contributed by atoms with Crippen molar-refractivity contribution in [2.75, 3.05) is 7.11 Å². The molecule has 0 saturated carbocycles. The number of hydrogen-bond donors (Lipinski definition) is 1. The van der Waals surface area contributed by atoms with Gasteiger partial charge < -0.3 is 4.74 Å². The monoisotopic (exact) mass is 660 g/mol. The molecule has 1 unspecified atom stereocenters. The van der Waals surface area contributed by atoms with E-state index in [0.29, 0.717) is 5.75 Å². The second kappa shape index (κ2) is 11.5. The zero-order valence-electron chi connectivity index (χ0n) is 20.4. The molecule has 0 bridgehead atoms. The van der Waals surface area contributed by atoms with Crippen molar-refractivity contribution in [3.8, 4) is 5.75 Å². The van der Waals surface area contributed by atoms with Gasteiger partial charge in [-0.05, 0) is 69.6 Å². The number of hydroxylamine groups is 1. The van der Waals surface area contributed by atoms with Crippen LogP contribution < -0.4 is 10.2 Å². The van der Waals surface area contributed by atoms with E-state index in [-0.39, 0.29) is 17.9 Å². The van der Waals surface area contributed by atoms with Crippen LogP contribution in [0.5, 0.6) is 5.75 Å². The first-order chi connectivity index (χ1) is 18.4. The number of nitrogens with one attached hydrogen (secondary N) is 1. The smallest absolute Gasteiger partial charge is 0.262 e. The van der Waals surface area contributed by atoms with E-state index < -0.39 is 28.1 Å². The van der Waals surface area contributed by atoms with E-state index in [1.54, 1.807) is 23.5 Å². The van der Waals surface area contributed by atoms with Crippen molar-refractivity contribution in [2.24, 2.45) is 0 Å². The summed E-state index contributed by atoms with van der Waals surface area (Å²) in [5.41, 5.74) is 5.23. The topological polar surface area (TPSA) is 84.9 Å². The average Bonchev–Trinajstić information content (AvgIpc) is 3.32. The molecule has 0 radical (unpaired) electrons. The van der Waals surface area contributed by atoms with E-state index in [9.17, 15) is 13.2 Å². The van der Waals surface area contributed by atoms with Crippen molar-refractivity contribution in [1.29, 1.82) is 0 Å². The molecule has 1 aromatic heterocycles. The maximum atomic E-state index is 13.8. The summed E-state index contributed by atoms with van der Waals surface area (Å²) in [7, 11) is -2.47. The quantitative estimate of drug-likeness (QED) is 0.205. The van der Waals surface area contributed by atoms with E-state index in [0.717, 1.165) is 24.5 Å². The number of halogens is 1.